The van der Waals surface area contributed by atoms with Crippen molar-refractivity contribution in [2.24, 2.45) is 7.05 Å². The first-order chi connectivity index (χ1) is 15.8. The molecule has 1 aliphatic heterocycles. The van der Waals surface area contributed by atoms with Crippen molar-refractivity contribution in [3.8, 4) is 5.69 Å². The minimum atomic E-state index is -0.492. The van der Waals surface area contributed by atoms with Crippen LogP contribution in [-0.2, 0) is 16.6 Å². The van der Waals surface area contributed by atoms with Crippen LogP contribution in [0.1, 0.15) is 16.8 Å². The maximum absolute atomic E-state index is 13.0. The van der Waals surface area contributed by atoms with Crippen LogP contribution in [0.2, 0.25) is 0 Å². The number of aromatic nitrogens is 2. The molecule has 2 aromatic carbocycles. The molecule has 33 heavy (non-hydrogen) atoms. The van der Waals surface area contributed by atoms with Gasteiger partial charge in [0.05, 0.1) is 16.3 Å². The number of aryl methyl sites for hydroxylation is 1. The second kappa shape index (κ2) is 9.21. The molecule has 0 spiro atoms. The van der Waals surface area contributed by atoms with E-state index in [4.69, 9.17) is 12.2 Å². The van der Waals surface area contributed by atoms with Crippen LogP contribution in [0.25, 0.3) is 11.8 Å². The number of rotatable bonds is 5. The van der Waals surface area contributed by atoms with Crippen molar-refractivity contribution in [3.05, 3.63) is 86.7 Å². The molecule has 3 aromatic rings. The summed E-state index contributed by atoms with van der Waals surface area (Å²) in [7, 11) is 1.75. The fourth-order valence-electron chi connectivity index (χ4n) is 3.49. The second-order valence-corrected chi connectivity index (χ2v) is 9.34. The monoisotopic (exact) mass is 478 g/mol. The van der Waals surface area contributed by atoms with Crippen LogP contribution in [-0.4, -0.2) is 36.9 Å². The summed E-state index contributed by atoms with van der Waals surface area (Å²) < 4.78 is 3.46. The molecule has 2 amide bonds. The van der Waals surface area contributed by atoms with Gasteiger partial charge in [0.1, 0.15) is 16.6 Å². The van der Waals surface area contributed by atoms with Gasteiger partial charge in [-0.15, -0.1) is 0 Å². The van der Waals surface area contributed by atoms with Gasteiger partial charge in [0, 0.05) is 7.05 Å². The van der Waals surface area contributed by atoms with Gasteiger partial charge in [-0.25, -0.2) is 4.68 Å². The van der Waals surface area contributed by atoms with Crippen molar-refractivity contribution in [1.29, 1.82) is 0 Å². The molecule has 1 N–H and O–H groups in total. The molecular formula is C24H22N4O3S2. The van der Waals surface area contributed by atoms with Crippen LogP contribution in [0.3, 0.4) is 0 Å². The Hall–Kier alpha value is -3.43. The van der Waals surface area contributed by atoms with Gasteiger partial charge in [0.15, 0.2) is 0 Å². The predicted octanol–water partition coefficient (Wildman–Crippen LogP) is 3.63. The van der Waals surface area contributed by atoms with E-state index in [2.05, 4.69) is 5.32 Å². The highest BCUT2D eigenvalue weighted by atomic mass is 32.2. The number of carbonyl (C=O) groups is 2. The second-order valence-electron chi connectivity index (χ2n) is 7.66. The number of amides is 2. The molecule has 1 saturated heterocycles. The van der Waals surface area contributed by atoms with E-state index in [1.165, 1.54) is 9.58 Å². The van der Waals surface area contributed by atoms with E-state index in [0.717, 1.165) is 22.9 Å². The van der Waals surface area contributed by atoms with Crippen molar-refractivity contribution in [2.45, 2.75) is 13.8 Å². The number of benzene rings is 2. The third-order valence-corrected chi connectivity index (χ3v) is 6.75. The SMILES string of the molecule is Cc1ccc(/C=C2/SC(=S)N(CC(=O)Nc3c(C)n(C)n(-c4ccccc4)c3=O)C2=O)cc1. The predicted molar refractivity (Wildman–Crippen MR) is 135 cm³/mol. The van der Waals surface area contributed by atoms with Crippen molar-refractivity contribution in [2.75, 3.05) is 11.9 Å². The number of thioether (sulfide) groups is 1. The van der Waals surface area contributed by atoms with Gasteiger partial charge in [0.25, 0.3) is 11.5 Å². The highest BCUT2D eigenvalue weighted by Crippen LogP contribution is 2.32. The van der Waals surface area contributed by atoms with Crippen molar-refractivity contribution >= 4 is 51.9 Å². The molecule has 1 fully saturated rings. The highest BCUT2D eigenvalue weighted by molar-refractivity contribution is 8.26. The first kappa shape index (κ1) is 22.8. The number of nitrogens with zero attached hydrogens (tertiary/aromatic N) is 3. The zero-order valence-electron chi connectivity index (χ0n) is 18.4. The molecule has 0 bridgehead atoms. The minimum Gasteiger partial charge on any atom is -0.318 e. The van der Waals surface area contributed by atoms with E-state index in [9.17, 15) is 14.4 Å². The number of anilines is 1. The number of thiocarbonyl (C=S) groups is 1. The van der Waals surface area contributed by atoms with Crippen LogP contribution in [0, 0.1) is 13.8 Å². The largest absolute Gasteiger partial charge is 0.318 e. The maximum atomic E-state index is 13.0. The molecule has 9 heteroatoms. The lowest BCUT2D eigenvalue weighted by atomic mass is 10.1. The number of carbonyl (C=O) groups excluding carboxylic acids is 2. The summed E-state index contributed by atoms with van der Waals surface area (Å²) in [6.07, 6.45) is 1.76. The zero-order chi connectivity index (χ0) is 23.7. The lowest BCUT2D eigenvalue weighted by molar-refractivity contribution is -0.126. The van der Waals surface area contributed by atoms with Gasteiger partial charge in [-0.05, 0) is 37.6 Å². The summed E-state index contributed by atoms with van der Waals surface area (Å²) in [4.78, 5) is 40.3. The van der Waals surface area contributed by atoms with Crippen LogP contribution < -0.4 is 10.9 Å². The Kier molecular flexibility index (Phi) is 6.35. The first-order valence-electron chi connectivity index (χ1n) is 10.2. The summed E-state index contributed by atoms with van der Waals surface area (Å²) in [6, 6.07) is 16.9. The topological polar surface area (TPSA) is 76.3 Å². The molecule has 0 radical (unpaired) electrons. The molecule has 1 aromatic heterocycles. The van der Waals surface area contributed by atoms with Crippen LogP contribution in [0.15, 0.2) is 64.3 Å². The Bertz CT molecular complexity index is 1340. The summed E-state index contributed by atoms with van der Waals surface area (Å²) in [5, 5.41) is 2.67. The Morgan fingerprint density at radius 3 is 2.39 bits per heavy atom. The Morgan fingerprint density at radius 1 is 1.06 bits per heavy atom. The van der Waals surface area contributed by atoms with Crippen molar-refractivity contribution in [1.82, 2.24) is 14.3 Å². The van der Waals surface area contributed by atoms with Gasteiger partial charge < -0.3 is 5.32 Å². The molecule has 4 rings (SSSR count). The van der Waals surface area contributed by atoms with E-state index in [-0.39, 0.29) is 23.7 Å². The summed E-state index contributed by atoms with van der Waals surface area (Å²) >= 11 is 6.49. The molecule has 7 nitrogen and oxygen atoms in total. The van der Waals surface area contributed by atoms with Gasteiger partial charge in [-0.3, -0.25) is 24.0 Å². The molecule has 0 atom stereocenters. The van der Waals surface area contributed by atoms with E-state index < -0.39 is 5.91 Å². The number of hydrogen-bond donors (Lipinski definition) is 1. The molecule has 0 aliphatic carbocycles. The van der Waals surface area contributed by atoms with Crippen molar-refractivity contribution < 1.29 is 9.59 Å². The van der Waals surface area contributed by atoms with Crippen LogP contribution in [0.5, 0.6) is 0 Å². The lowest BCUT2D eigenvalue weighted by Gasteiger charge is -2.13. The van der Waals surface area contributed by atoms with E-state index in [1.54, 1.807) is 24.7 Å². The van der Waals surface area contributed by atoms with Gasteiger partial charge >= 0.3 is 0 Å². The Balaban J connectivity index is 1.52. The number of hydrogen-bond acceptors (Lipinski definition) is 5. The molecule has 1 aliphatic rings. The van der Waals surface area contributed by atoms with E-state index >= 15 is 0 Å². The first-order valence-corrected chi connectivity index (χ1v) is 11.4. The molecule has 168 valence electrons. The van der Waals surface area contributed by atoms with E-state index in [1.807, 2.05) is 61.5 Å². The average molecular weight is 479 g/mol. The fourth-order valence-corrected chi connectivity index (χ4v) is 4.74. The summed E-state index contributed by atoms with van der Waals surface area (Å²) in [5.74, 6) is -0.818. The summed E-state index contributed by atoms with van der Waals surface area (Å²) in [6.45, 7) is 3.47. The van der Waals surface area contributed by atoms with E-state index in [0.29, 0.717) is 20.6 Å². The summed E-state index contributed by atoms with van der Waals surface area (Å²) in [5.41, 5.74) is 3.12. The number of para-hydroxylation sites is 1. The third kappa shape index (κ3) is 4.55. The zero-order valence-corrected chi connectivity index (χ0v) is 20.0. The van der Waals surface area contributed by atoms with Crippen LogP contribution >= 0.6 is 24.0 Å². The average Bonchev–Trinajstić information content (AvgIpc) is 3.17. The molecule has 2 heterocycles. The van der Waals surface area contributed by atoms with Crippen molar-refractivity contribution in [3.63, 3.8) is 0 Å². The molecular weight excluding hydrogens is 456 g/mol. The van der Waals surface area contributed by atoms with Gasteiger partial charge in [-0.1, -0.05) is 72.0 Å². The minimum absolute atomic E-state index is 0.173. The Morgan fingerprint density at radius 2 is 1.73 bits per heavy atom. The standard InChI is InChI=1S/C24H22N4O3S2/c1-15-9-11-17(12-10-15)13-19-22(30)27(24(32)33-19)14-20(29)25-21-16(2)26(3)28(23(21)31)18-7-5-4-6-8-18/h4-13H,14H2,1-3H3,(H,25,29)/b19-13+. The van der Waals surface area contributed by atoms with Gasteiger partial charge in [0.2, 0.25) is 5.91 Å². The smallest absolute Gasteiger partial charge is 0.295 e. The Labute approximate surface area is 200 Å². The van der Waals surface area contributed by atoms with Crippen LogP contribution in [0.4, 0.5) is 5.69 Å². The molecule has 0 unspecified atom stereocenters. The quantitative estimate of drug-likeness (QED) is 0.448. The lowest BCUT2D eigenvalue weighted by Crippen LogP contribution is -2.37. The maximum Gasteiger partial charge on any atom is 0.295 e. The normalized spacial score (nSPS) is 14.9. The number of nitrogens with one attached hydrogen (secondary N) is 1. The fraction of sp³-hybridized carbons (Fsp3) is 0.167. The third-order valence-electron chi connectivity index (χ3n) is 5.37. The van der Waals surface area contributed by atoms with Gasteiger partial charge in [-0.2, -0.15) is 0 Å². The highest BCUT2D eigenvalue weighted by Gasteiger charge is 2.33. The molecule has 0 saturated carbocycles.